The number of imidazole rings is 1. The minimum atomic E-state index is -0.876. The van der Waals surface area contributed by atoms with Crippen LogP contribution in [0.1, 0.15) is 5.56 Å². The molecule has 3 rings (SSSR count). The van der Waals surface area contributed by atoms with E-state index in [0.29, 0.717) is 17.6 Å². The van der Waals surface area contributed by atoms with Gasteiger partial charge in [-0.2, -0.15) is 0 Å². The molecule has 0 aliphatic heterocycles. The van der Waals surface area contributed by atoms with Gasteiger partial charge in [0.25, 0.3) is 0 Å². The molecule has 2 aromatic carbocycles. The molecule has 0 aliphatic carbocycles. The van der Waals surface area contributed by atoms with E-state index >= 15 is 0 Å². The molecule has 0 atom stereocenters. The summed E-state index contributed by atoms with van der Waals surface area (Å²) in [7, 11) is 0. The summed E-state index contributed by atoms with van der Waals surface area (Å²) in [4.78, 5) is 4.09. The Balaban J connectivity index is 2.07. The van der Waals surface area contributed by atoms with Gasteiger partial charge in [0.1, 0.15) is 0 Å². The van der Waals surface area contributed by atoms with E-state index in [1.54, 1.807) is 10.9 Å². The number of benzene rings is 2. The number of aromatic nitrogens is 2. The lowest BCUT2D eigenvalue weighted by atomic mass is 10.2. The van der Waals surface area contributed by atoms with E-state index in [4.69, 9.17) is 0 Å². The minimum absolute atomic E-state index is 0.450. The average molecular weight is 323 g/mol. The molecule has 19 heavy (non-hydrogen) atoms. The fourth-order valence-electron chi connectivity index (χ4n) is 1.99. The Kier molecular flexibility index (Phi) is 3.06. The highest BCUT2D eigenvalue weighted by Crippen LogP contribution is 2.21. The van der Waals surface area contributed by atoms with Gasteiger partial charge in [0, 0.05) is 16.6 Å². The first-order valence-electron chi connectivity index (χ1n) is 5.68. The van der Waals surface area contributed by atoms with Crippen LogP contribution in [0.15, 0.2) is 47.2 Å². The van der Waals surface area contributed by atoms with Crippen molar-refractivity contribution in [2.45, 2.75) is 6.54 Å². The molecule has 0 fully saturated rings. The molecular formula is C14H9BrF2N2. The predicted molar refractivity (Wildman–Crippen MR) is 72.9 cm³/mol. The Hall–Kier alpha value is -1.75. The van der Waals surface area contributed by atoms with Crippen LogP contribution >= 0.6 is 15.9 Å². The van der Waals surface area contributed by atoms with Crippen LogP contribution in [-0.2, 0) is 6.54 Å². The summed E-state index contributed by atoms with van der Waals surface area (Å²) in [5.41, 5.74) is 2.08. The van der Waals surface area contributed by atoms with Crippen LogP contribution in [0, 0.1) is 11.6 Å². The van der Waals surface area contributed by atoms with E-state index in [-0.39, 0.29) is 0 Å². The molecule has 0 unspecified atom stereocenters. The third-order valence-corrected chi connectivity index (χ3v) is 3.74. The Labute approximate surface area is 116 Å². The Morgan fingerprint density at radius 2 is 1.84 bits per heavy atom. The maximum absolute atomic E-state index is 13.3. The minimum Gasteiger partial charge on any atom is -0.326 e. The first kappa shape index (κ1) is 12.3. The van der Waals surface area contributed by atoms with Crippen molar-refractivity contribution in [2.75, 3.05) is 0 Å². The van der Waals surface area contributed by atoms with Gasteiger partial charge in [0.2, 0.25) is 0 Å². The number of hydrogen-bond donors (Lipinski definition) is 0. The highest BCUT2D eigenvalue weighted by Gasteiger charge is 2.10. The highest BCUT2D eigenvalue weighted by atomic mass is 79.9. The molecule has 0 radical (unpaired) electrons. The van der Waals surface area contributed by atoms with Gasteiger partial charge in [-0.25, -0.2) is 13.8 Å². The summed E-state index contributed by atoms with van der Waals surface area (Å²) in [6.45, 7) is 0.545. The van der Waals surface area contributed by atoms with Gasteiger partial charge >= 0.3 is 0 Å². The standard InChI is InChI=1S/C14H9BrF2N2/c15-10-4-2-1-3-9(10)7-19-8-18-13-5-11(16)12(17)6-14(13)19/h1-6,8H,7H2. The van der Waals surface area contributed by atoms with E-state index in [2.05, 4.69) is 20.9 Å². The number of halogens is 3. The van der Waals surface area contributed by atoms with E-state index in [0.717, 1.165) is 16.1 Å². The zero-order valence-electron chi connectivity index (χ0n) is 9.78. The second-order valence-corrected chi connectivity index (χ2v) is 5.07. The summed E-state index contributed by atoms with van der Waals surface area (Å²) in [6.07, 6.45) is 1.59. The third-order valence-electron chi connectivity index (χ3n) is 2.96. The molecule has 1 aromatic heterocycles. The van der Waals surface area contributed by atoms with E-state index < -0.39 is 11.6 Å². The number of nitrogens with zero attached hydrogens (tertiary/aromatic N) is 2. The molecule has 96 valence electrons. The molecule has 0 saturated heterocycles. The first-order valence-corrected chi connectivity index (χ1v) is 6.48. The highest BCUT2D eigenvalue weighted by molar-refractivity contribution is 9.10. The normalized spacial score (nSPS) is 11.1. The van der Waals surface area contributed by atoms with E-state index in [9.17, 15) is 8.78 Å². The van der Waals surface area contributed by atoms with Crippen molar-refractivity contribution in [1.82, 2.24) is 9.55 Å². The van der Waals surface area contributed by atoms with E-state index in [1.807, 2.05) is 24.3 Å². The Morgan fingerprint density at radius 3 is 2.63 bits per heavy atom. The summed E-state index contributed by atoms with van der Waals surface area (Å²) in [5, 5.41) is 0. The van der Waals surface area contributed by atoms with Gasteiger partial charge in [-0.1, -0.05) is 34.1 Å². The zero-order valence-corrected chi connectivity index (χ0v) is 11.4. The first-order chi connectivity index (χ1) is 9.15. The third kappa shape index (κ3) is 2.26. The predicted octanol–water partition coefficient (Wildman–Crippen LogP) is 4.13. The van der Waals surface area contributed by atoms with Gasteiger partial charge in [0.15, 0.2) is 11.6 Å². The maximum atomic E-state index is 13.3. The van der Waals surface area contributed by atoms with Crippen molar-refractivity contribution in [3.63, 3.8) is 0 Å². The smallest absolute Gasteiger partial charge is 0.161 e. The molecule has 1 heterocycles. The van der Waals surface area contributed by atoms with Crippen LogP contribution in [0.25, 0.3) is 11.0 Å². The van der Waals surface area contributed by atoms with Crippen LogP contribution in [0.4, 0.5) is 8.78 Å². The molecule has 0 bridgehead atoms. The quantitative estimate of drug-likeness (QED) is 0.693. The summed E-state index contributed by atoms with van der Waals surface area (Å²) < 4.78 is 29.2. The van der Waals surface area contributed by atoms with Gasteiger partial charge in [-0.05, 0) is 11.6 Å². The van der Waals surface area contributed by atoms with E-state index in [1.165, 1.54) is 6.07 Å². The van der Waals surface area contributed by atoms with Crippen molar-refractivity contribution in [2.24, 2.45) is 0 Å². The summed E-state index contributed by atoms with van der Waals surface area (Å²) >= 11 is 3.46. The molecule has 0 aliphatic rings. The largest absolute Gasteiger partial charge is 0.326 e. The lowest BCUT2D eigenvalue weighted by Crippen LogP contribution is -1.99. The number of fused-ring (bicyclic) bond motifs is 1. The fraction of sp³-hybridized carbons (Fsp3) is 0.0714. The van der Waals surface area contributed by atoms with Crippen LogP contribution in [0.3, 0.4) is 0 Å². The summed E-state index contributed by atoms with van der Waals surface area (Å²) in [5.74, 6) is -1.74. The molecule has 0 N–H and O–H groups in total. The second kappa shape index (κ2) is 4.74. The van der Waals surface area contributed by atoms with Crippen LogP contribution < -0.4 is 0 Å². The van der Waals surface area contributed by atoms with Gasteiger partial charge < -0.3 is 4.57 Å². The van der Waals surface area contributed by atoms with Crippen molar-refractivity contribution in [3.05, 3.63) is 64.4 Å². The molecule has 0 saturated carbocycles. The van der Waals surface area contributed by atoms with Crippen molar-refractivity contribution < 1.29 is 8.78 Å². The number of hydrogen-bond acceptors (Lipinski definition) is 1. The summed E-state index contributed by atoms with van der Waals surface area (Å²) in [6, 6.07) is 10.0. The Morgan fingerprint density at radius 1 is 1.11 bits per heavy atom. The monoisotopic (exact) mass is 322 g/mol. The van der Waals surface area contributed by atoms with Crippen molar-refractivity contribution in [1.29, 1.82) is 0 Å². The lowest BCUT2D eigenvalue weighted by molar-refractivity contribution is 0.510. The number of rotatable bonds is 2. The molecule has 0 amide bonds. The van der Waals surface area contributed by atoms with Crippen molar-refractivity contribution >= 4 is 27.0 Å². The lowest BCUT2D eigenvalue weighted by Gasteiger charge is -2.06. The molecule has 3 aromatic rings. The van der Waals surface area contributed by atoms with Crippen LogP contribution in [-0.4, -0.2) is 9.55 Å². The van der Waals surface area contributed by atoms with Crippen molar-refractivity contribution in [3.8, 4) is 0 Å². The SMILES string of the molecule is Fc1cc2ncn(Cc3ccccc3Br)c2cc1F. The topological polar surface area (TPSA) is 17.8 Å². The van der Waals surface area contributed by atoms with Gasteiger partial charge in [-0.15, -0.1) is 0 Å². The van der Waals surface area contributed by atoms with Gasteiger partial charge in [-0.3, -0.25) is 0 Å². The Bertz CT molecular complexity index is 752. The molecule has 2 nitrogen and oxygen atoms in total. The van der Waals surface area contributed by atoms with Crippen LogP contribution in [0.2, 0.25) is 0 Å². The van der Waals surface area contributed by atoms with Gasteiger partial charge in [0.05, 0.1) is 23.9 Å². The molecule has 0 spiro atoms. The average Bonchev–Trinajstić information content (AvgIpc) is 2.76. The van der Waals surface area contributed by atoms with Crippen LogP contribution in [0.5, 0.6) is 0 Å². The maximum Gasteiger partial charge on any atom is 0.161 e. The molecular weight excluding hydrogens is 314 g/mol. The zero-order chi connectivity index (χ0) is 13.4. The second-order valence-electron chi connectivity index (χ2n) is 4.22. The fourth-order valence-corrected chi connectivity index (χ4v) is 2.40. The molecule has 5 heteroatoms.